The van der Waals surface area contributed by atoms with Crippen LogP contribution in [-0.4, -0.2) is 50.4 Å². The fraction of sp³-hybridized carbons (Fsp3) is 0.611. The maximum atomic E-state index is 12.8. The van der Waals surface area contributed by atoms with Crippen LogP contribution in [0.3, 0.4) is 0 Å². The van der Waals surface area contributed by atoms with Crippen molar-refractivity contribution in [1.29, 1.82) is 0 Å². The minimum Gasteiger partial charge on any atom is -0.333 e. The molecule has 3 rings (SSSR count). The molecule has 2 fully saturated rings. The molecule has 2 unspecified atom stereocenters. The van der Waals surface area contributed by atoms with Crippen LogP contribution in [0.25, 0.3) is 0 Å². The first-order valence-electron chi connectivity index (χ1n) is 8.78. The van der Waals surface area contributed by atoms with Gasteiger partial charge in [0.15, 0.2) is 9.84 Å². The monoisotopic (exact) mass is 350 g/mol. The summed E-state index contributed by atoms with van der Waals surface area (Å²) in [4.78, 5) is 14.7. The van der Waals surface area contributed by atoms with Crippen molar-refractivity contribution in [3.63, 3.8) is 0 Å². The molecule has 0 radical (unpaired) electrons. The highest BCUT2D eigenvalue weighted by molar-refractivity contribution is 7.91. The molecule has 6 heteroatoms. The molecule has 5 nitrogen and oxygen atoms in total. The Labute approximate surface area is 144 Å². The standard InChI is InChI=1S/C18H26N2O3S/c1-2-14-3-5-16(6-4-14)17-12-19-8-9-20(17)18(21)11-15-7-10-24(22,23)13-15/h3-6,15,17,19H,2,7-13H2,1H3. The topological polar surface area (TPSA) is 66.5 Å². The zero-order valence-electron chi connectivity index (χ0n) is 14.2. The Kier molecular flexibility index (Phi) is 5.25. The van der Waals surface area contributed by atoms with Crippen LogP contribution in [0.15, 0.2) is 24.3 Å². The van der Waals surface area contributed by atoms with E-state index < -0.39 is 9.84 Å². The molecule has 2 saturated heterocycles. The number of rotatable bonds is 4. The number of aryl methyl sites for hydroxylation is 1. The second-order valence-corrected chi connectivity index (χ2v) is 9.10. The van der Waals surface area contributed by atoms with Crippen LogP contribution in [0.5, 0.6) is 0 Å². The van der Waals surface area contributed by atoms with E-state index in [2.05, 4.69) is 36.5 Å². The van der Waals surface area contributed by atoms with Crippen LogP contribution in [0.4, 0.5) is 0 Å². The van der Waals surface area contributed by atoms with Gasteiger partial charge >= 0.3 is 0 Å². The van der Waals surface area contributed by atoms with Gasteiger partial charge in [-0.05, 0) is 29.9 Å². The zero-order valence-corrected chi connectivity index (χ0v) is 15.0. The molecule has 0 spiro atoms. The first-order chi connectivity index (χ1) is 11.5. The van der Waals surface area contributed by atoms with Crippen LogP contribution in [0, 0.1) is 5.92 Å². The predicted octanol–water partition coefficient (Wildman–Crippen LogP) is 1.55. The maximum Gasteiger partial charge on any atom is 0.223 e. The highest BCUT2D eigenvalue weighted by Gasteiger charge is 2.33. The van der Waals surface area contributed by atoms with Gasteiger partial charge in [0, 0.05) is 26.1 Å². The maximum absolute atomic E-state index is 12.8. The van der Waals surface area contributed by atoms with Gasteiger partial charge in [-0.25, -0.2) is 8.42 Å². The molecular formula is C18H26N2O3S. The third-order valence-corrected chi connectivity index (χ3v) is 6.96. The Bertz CT molecular complexity index is 685. The smallest absolute Gasteiger partial charge is 0.223 e. The normalized spacial score (nSPS) is 26.5. The van der Waals surface area contributed by atoms with Gasteiger partial charge in [0.2, 0.25) is 5.91 Å². The van der Waals surface area contributed by atoms with E-state index in [1.165, 1.54) is 5.56 Å². The highest BCUT2D eigenvalue weighted by atomic mass is 32.2. The third kappa shape index (κ3) is 3.98. The molecule has 0 bridgehead atoms. The zero-order chi connectivity index (χ0) is 17.2. The first kappa shape index (κ1) is 17.4. The molecule has 2 heterocycles. The lowest BCUT2D eigenvalue weighted by molar-refractivity contribution is -0.135. The average molecular weight is 350 g/mol. The molecule has 24 heavy (non-hydrogen) atoms. The summed E-state index contributed by atoms with van der Waals surface area (Å²) in [7, 11) is -2.93. The van der Waals surface area contributed by atoms with E-state index in [1.54, 1.807) is 0 Å². The van der Waals surface area contributed by atoms with Crippen molar-refractivity contribution >= 4 is 15.7 Å². The van der Waals surface area contributed by atoms with E-state index in [-0.39, 0.29) is 29.4 Å². The Balaban J connectivity index is 1.70. The Morgan fingerprint density at radius 2 is 2.04 bits per heavy atom. The second kappa shape index (κ2) is 7.23. The van der Waals surface area contributed by atoms with Crippen molar-refractivity contribution in [2.24, 2.45) is 5.92 Å². The summed E-state index contributed by atoms with van der Waals surface area (Å²) in [5.74, 6) is 0.471. The molecule has 2 aliphatic heterocycles. The van der Waals surface area contributed by atoms with E-state index in [0.717, 1.165) is 25.1 Å². The van der Waals surface area contributed by atoms with Gasteiger partial charge in [0.05, 0.1) is 17.5 Å². The number of nitrogens with zero attached hydrogens (tertiary/aromatic N) is 1. The van der Waals surface area contributed by atoms with E-state index >= 15 is 0 Å². The van der Waals surface area contributed by atoms with Crippen LogP contribution in [0.2, 0.25) is 0 Å². The summed E-state index contributed by atoms with van der Waals surface area (Å²) in [5.41, 5.74) is 2.43. The van der Waals surface area contributed by atoms with E-state index in [9.17, 15) is 13.2 Å². The molecule has 0 aliphatic carbocycles. The van der Waals surface area contributed by atoms with Crippen molar-refractivity contribution in [1.82, 2.24) is 10.2 Å². The van der Waals surface area contributed by atoms with Crippen molar-refractivity contribution in [2.75, 3.05) is 31.1 Å². The largest absolute Gasteiger partial charge is 0.333 e. The highest BCUT2D eigenvalue weighted by Crippen LogP contribution is 2.27. The first-order valence-corrected chi connectivity index (χ1v) is 10.6. The summed E-state index contributed by atoms with van der Waals surface area (Å²) in [6, 6.07) is 8.50. The van der Waals surface area contributed by atoms with E-state index in [4.69, 9.17) is 0 Å². The van der Waals surface area contributed by atoms with Gasteiger partial charge in [0.25, 0.3) is 0 Å². The van der Waals surface area contributed by atoms with Gasteiger partial charge in [-0.15, -0.1) is 0 Å². The molecule has 1 amide bonds. The predicted molar refractivity (Wildman–Crippen MR) is 94.5 cm³/mol. The van der Waals surface area contributed by atoms with Crippen LogP contribution < -0.4 is 5.32 Å². The van der Waals surface area contributed by atoms with Gasteiger partial charge in [-0.1, -0.05) is 31.2 Å². The fourth-order valence-electron chi connectivity index (χ4n) is 3.67. The number of nitrogens with one attached hydrogen (secondary N) is 1. The van der Waals surface area contributed by atoms with Crippen molar-refractivity contribution < 1.29 is 13.2 Å². The Morgan fingerprint density at radius 3 is 2.67 bits per heavy atom. The summed E-state index contributed by atoms with van der Waals surface area (Å²) in [6.07, 6.45) is 1.97. The van der Waals surface area contributed by atoms with Crippen molar-refractivity contribution in [3.05, 3.63) is 35.4 Å². The molecule has 1 N–H and O–H groups in total. The lowest BCUT2D eigenvalue weighted by atomic mass is 9.98. The third-order valence-electron chi connectivity index (χ3n) is 5.13. The molecule has 0 saturated carbocycles. The molecule has 0 aromatic heterocycles. The summed E-state index contributed by atoms with van der Waals surface area (Å²) < 4.78 is 23.2. The molecule has 1 aromatic carbocycles. The minimum absolute atomic E-state index is 0.0134. The average Bonchev–Trinajstić information content (AvgIpc) is 2.93. The molecule has 2 atom stereocenters. The molecule has 2 aliphatic rings. The number of hydrogen-bond acceptors (Lipinski definition) is 4. The summed E-state index contributed by atoms with van der Waals surface area (Å²) >= 11 is 0. The van der Waals surface area contributed by atoms with Gasteiger partial charge in [-0.3, -0.25) is 4.79 Å². The number of benzene rings is 1. The van der Waals surface area contributed by atoms with Crippen LogP contribution >= 0.6 is 0 Å². The fourth-order valence-corrected chi connectivity index (χ4v) is 5.54. The summed E-state index contributed by atoms with van der Waals surface area (Å²) in [6.45, 7) is 4.35. The van der Waals surface area contributed by atoms with E-state index in [1.807, 2.05) is 4.90 Å². The van der Waals surface area contributed by atoms with Gasteiger partial charge in [-0.2, -0.15) is 0 Å². The second-order valence-electron chi connectivity index (χ2n) is 6.88. The number of carbonyl (C=O) groups is 1. The number of sulfone groups is 1. The number of piperazine rings is 1. The van der Waals surface area contributed by atoms with Crippen LogP contribution in [0.1, 0.15) is 36.9 Å². The number of hydrogen-bond donors (Lipinski definition) is 1. The van der Waals surface area contributed by atoms with Gasteiger partial charge in [0.1, 0.15) is 0 Å². The minimum atomic E-state index is -2.93. The molecule has 132 valence electrons. The number of carbonyl (C=O) groups excluding carboxylic acids is 1. The lowest BCUT2D eigenvalue weighted by Crippen LogP contribution is -2.49. The van der Waals surface area contributed by atoms with Crippen LogP contribution in [-0.2, 0) is 21.1 Å². The van der Waals surface area contributed by atoms with Gasteiger partial charge < -0.3 is 10.2 Å². The summed E-state index contributed by atoms with van der Waals surface area (Å²) in [5, 5.41) is 3.36. The van der Waals surface area contributed by atoms with E-state index in [0.29, 0.717) is 19.4 Å². The Morgan fingerprint density at radius 1 is 1.29 bits per heavy atom. The van der Waals surface area contributed by atoms with Crippen molar-refractivity contribution in [3.8, 4) is 0 Å². The molecular weight excluding hydrogens is 324 g/mol. The quantitative estimate of drug-likeness (QED) is 0.895. The lowest BCUT2D eigenvalue weighted by Gasteiger charge is -2.37. The SMILES string of the molecule is CCc1ccc(C2CNCCN2C(=O)CC2CCS(=O)(=O)C2)cc1. The Hall–Kier alpha value is -1.40. The number of amides is 1. The molecule has 1 aromatic rings. The van der Waals surface area contributed by atoms with Crippen molar-refractivity contribution in [2.45, 2.75) is 32.2 Å².